The molecule has 1 aliphatic rings. The standard InChI is InChI=1S/C27H30N2O8/c1-6-16-11-19(24(31)32)18(12-21(16)35-5)17-9-10-20(23(30)28-13-15-7-8-15)29-22(17)25(33)36-14-37-26(34)27(2,3)4/h6,9-12,15H,1,7-8,13-14H2,2-5H3,(H,28,30)(H,31,32). The highest BCUT2D eigenvalue weighted by Gasteiger charge is 2.27. The zero-order chi connectivity index (χ0) is 27.3. The number of carbonyl (C=O) groups is 4. The topological polar surface area (TPSA) is 141 Å². The van der Waals surface area contributed by atoms with Crippen molar-refractivity contribution in [3.8, 4) is 16.9 Å². The SMILES string of the molecule is C=Cc1cc(C(=O)O)c(-c2ccc(C(=O)NCC3CC3)nc2C(=O)OCOC(=O)C(C)(C)C)cc1OC. The number of amides is 1. The first kappa shape index (κ1) is 27.4. The second-order valence-corrected chi connectivity index (χ2v) is 9.63. The molecule has 0 saturated heterocycles. The first-order valence-corrected chi connectivity index (χ1v) is 11.7. The second kappa shape index (κ2) is 11.2. The average molecular weight is 511 g/mol. The van der Waals surface area contributed by atoms with Crippen LogP contribution in [0.4, 0.5) is 0 Å². The number of carboxylic acid groups (broad SMARTS) is 1. The molecule has 0 atom stereocenters. The van der Waals surface area contributed by atoms with Crippen molar-refractivity contribution in [1.29, 1.82) is 0 Å². The summed E-state index contributed by atoms with van der Waals surface area (Å²) in [5, 5.41) is 12.6. The summed E-state index contributed by atoms with van der Waals surface area (Å²) in [5.74, 6) is -2.58. The second-order valence-electron chi connectivity index (χ2n) is 9.63. The Morgan fingerprint density at radius 3 is 2.41 bits per heavy atom. The largest absolute Gasteiger partial charge is 0.496 e. The third-order valence-corrected chi connectivity index (χ3v) is 5.67. The Hall–Kier alpha value is -4.21. The van der Waals surface area contributed by atoms with Crippen molar-refractivity contribution in [3.05, 3.63) is 53.4 Å². The lowest BCUT2D eigenvalue weighted by molar-refractivity contribution is -0.161. The van der Waals surface area contributed by atoms with Gasteiger partial charge in [0.1, 0.15) is 11.4 Å². The maximum absolute atomic E-state index is 13.1. The van der Waals surface area contributed by atoms with Gasteiger partial charge in [-0.15, -0.1) is 0 Å². The molecule has 10 nitrogen and oxygen atoms in total. The molecule has 1 amide bonds. The van der Waals surface area contributed by atoms with Crippen LogP contribution < -0.4 is 10.1 Å². The van der Waals surface area contributed by atoms with Gasteiger partial charge in [-0.25, -0.2) is 14.6 Å². The molecule has 1 saturated carbocycles. The molecule has 0 unspecified atom stereocenters. The van der Waals surface area contributed by atoms with Gasteiger partial charge >= 0.3 is 17.9 Å². The first-order chi connectivity index (χ1) is 17.5. The number of nitrogens with zero attached hydrogens (tertiary/aromatic N) is 1. The lowest BCUT2D eigenvalue weighted by Crippen LogP contribution is -2.27. The number of pyridine rings is 1. The number of benzene rings is 1. The molecule has 0 radical (unpaired) electrons. The van der Waals surface area contributed by atoms with Gasteiger partial charge < -0.3 is 24.6 Å². The molecular formula is C27H30N2O8. The van der Waals surface area contributed by atoms with E-state index in [0.29, 0.717) is 23.8 Å². The number of hydrogen-bond donors (Lipinski definition) is 2. The zero-order valence-electron chi connectivity index (χ0n) is 21.3. The quantitative estimate of drug-likeness (QED) is 0.359. The highest BCUT2D eigenvalue weighted by Crippen LogP contribution is 2.34. The molecule has 0 bridgehead atoms. The van der Waals surface area contributed by atoms with Gasteiger partial charge in [-0.2, -0.15) is 0 Å². The summed E-state index contributed by atoms with van der Waals surface area (Å²) in [6.07, 6.45) is 3.52. The number of carboxylic acids is 1. The number of rotatable bonds is 10. The highest BCUT2D eigenvalue weighted by molar-refractivity contribution is 6.03. The van der Waals surface area contributed by atoms with Crippen LogP contribution >= 0.6 is 0 Å². The number of aromatic carboxylic acids is 1. The lowest BCUT2D eigenvalue weighted by atomic mass is 9.95. The van der Waals surface area contributed by atoms with E-state index in [2.05, 4.69) is 16.9 Å². The molecule has 0 aliphatic heterocycles. The summed E-state index contributed by atoms with van der Waals surface area (Å²) < 4.78 is 15.5. The van der Waals surface area contributed by atoms with E-state index in [0.717, 1.165) is 12.8 Å². The molecule has 10 heteroatoms. The maximum atomic E-state index is 13.1. The number of ether oxygens (including phenoxy) is 3. The molecule has 196 valence electrons. The Balaban J connectivity index is 2.03. The van der Waals surface area contributed by atoms with Crippen LogP contribution in [0.25, 0.3) is 17.2 Å². The lowest BCUT2D eigenvalue weighted by Gasteiger charge is -2.17. The summed E-state index contributed by atoms with van der Waals surface area (Å²) in [6.45, 7) is 8.43. The van der Waals surface area contributed by atoms with Crippen LogP contribution in [0, 0.1) is 11.3 Å². The third kappa shape index (κ3) is 6.72. The van der Waals surface area contributed by atoms with E-state index < -0.39 is 36.0 Å². The normalized spacial score (nSPS) is 12.9. The Labute approximate surface area is 214 Å². The molecule has 1 fully saturated rings. The van der Waals surface area contributed by atoms with Crippen LogP contribution in [0.15, 0.2) is 30.8 Å². The molecular weight excluding hydrogens is 480 g/mol. The fraction of sp³-hybridized carbons (Fsp3) is 0.370. The van der Waals surface area contributed by atoms with Gasteiger partial charge in [-0.05, 0) is 63.8 Å². The van der Waals surface area contributed by atoms with Crippen molar-refractivity contribution in [2.75, 3.05) is 20.4 Å². The minimum Gasteiger partial charge on any atom is -0.496 e. The number of nitrogens with one attached hydrogen (secondary N) is 1. The van der Waals surface area contributed by atoms with Crippen LogP contribution in [0.5, 0.6) is 5.75 Å². The molecule has 3 rings (SSSR count). The van der Waals surface area contributed by atoms with Crippen molar-refractivity contribution in [2.24, 2.45) is 11.3 Å². The smallest absolute Gasteiger partial charge is 0.360 e. The summed E-state index contributed by atoms with van der Waals surface area (Å²) in [4.78, 5) is 54.0. The Morgan fingerprint density at radius 2 is 1.84 bits per heavy atom. The molecule has 1 heterocycles. The van der Waals surface area contributed by atoms with Crippen molar-refractivity contribution >= 4 is 29.9 Å². The minimum atomic E-state index is -1.26. The van der Waals surface area contributed by atoms with Gasteiger partial charge in [0.25, 0.3) is 5.91 Å². The fourth-order valence-corrected chi connectivity index (χ4v) is 3.36. The predicted octanol–water partition coefficient (Wildman–Crippen LogP) is 3.94. The van der Waals surface area contributed by atoms with Crippen LogP contribution in [0.2, 0.25) is 0 Å². The first-order valence-electron chi connectivity index (χ1n) is 11.7. The Morgan fingerprint density at radius 1 is 1.14 bits per heavy atom. The molecule has 2 aromatic rings. The van der Waals surface area contributed by atoms with Crippen molar-refractivity contribution in [1.82, 2.24) is 10.3 Å². The van der Waals surface area contributed by atoms with Crippen LogP contribution in [-0.2, 0) is 14.3 Å². The number of methoxy groups -OCH3 is 1. The van der Waals surface area contributed by atoms with Gasteiger partial charge in [0.15, 0.2) is 5.69 Å². The van der Waals surface area contributed by atoms with Gasteiger partial charge in [0, 0.05) is 23.2 Å². The molecule has 0 spiro atoms. The third-order valence-electron chi connectivity index (χ3n) is 5.67. The van der Waals surface area contributed by atoms with Gasteiger partial charge in [0.05, 0.1) is 18.1 Å². The van der Waals surface area contributed by atoms with E-state index in [4.69, 9.17) is 14.2 Å². The predicted molar refractivity (Wildman–Crippen MR) is 134 cm³/mol. The molecule has 37 heavy (non-hydrogen) atoms. The Bertz CT molecular complexity index is 1240. The zero-order valence-corrected chi connectivity index (χ0v) is 21.3. The van der Waals surface area contributed by atoms with Gasteiger partial charge in [0.2, 0.25) is 6.79 Å². The average Bonchev–Trinajstić information content (AvgIpc) is 3.69. The van der Waals surface area contributed by atoms with Crippen LogP contribution in [-0.4, -0.2) is 54.4 Å². The summed E-state index contributed by atoms with van der Waals surface area (Å²) in [5.41, 5.74) is -0.669. The Kier molecular flexibility index (Phi) is 8.31. The number of carbonyl (C=O) groups excluding carboxylic acids is 3. The van der Waals surface area contributed by atoms with Crippen molar-refractivity contribution < 1.29 is 38.5 Å². The fourth-order valence-electron chi connectivity index (χ4n) is 3.36. The van der Waals surface area contributed by atoms with Crippen LogP contribution in [0.1, 0.15) is 70.5 Å². The van der Waals surface area contributed by atoms with E-state index in [9.17, 15) is 24.3 Å². The highest BCUT2D eigenvalue weighted by atomic mass is 16.7. The summed E-state index contributed by atoms with van der Waals surface area (Å²) in [7, 11) is 1.41. The molecule has 1 aliphatic carbocycles. The van der Waals surface area contributed by atoms with E-state index >= 15 is 0 Å². The summed E-state index contributed by atoms with van der Waals surface area (Å²) >= 11 is 0. The van der Waals surface area contributed by atoms with Crippen molar-refractivity contribution in [3.63, 3.8) is 0 Å². The van der Waals surface area contributed by atoms with E-state index in [1.807, 2.05) is 0 Å². The molecule has 1 aromatic heterocycles. The van der Waals surface area contributed by atoms with Crippen molar-refractivity contribution in [2.45, 2.75) is 33.6 Å². The van der Waals surface area contributed by atoms with Gasteiger partial charge in [-0.1, -0.05) is 12.7 Å². The van der Waals surface area contributed by atoms with E-state index in [1.165, 1.54) is 37.5 Å². The van der Waals surface area contributed by atoms with E-state index in [-0.39, 0.29) is 28.1 Å². The van der Waals surface area contributed by atoms with Crippen LogP contribution in [0.3, 0.4) is 0 Å². The van der Waals surface area contributed by atoms with E-state index in [1.54, 1.807) is 20.8 Å². The number of esters is 2. The van der Waals surface area contributed by atoms with Gasteiger partial charge in [-0.3, -0.25) is 9.59 Å². The summed E-state index contributed by atoms with van der Waals surface area (Å²) in [6, 6.07) is 5.62. The minimum absolute atomic E-state index is 0.0467. The number of hydrogen-bond acceptors (Lipinski definition) is 8. The molecule has 2 N–H and O–H groups in total. The monoisotopic (exact) mass is 510 g/mol. The molecule has 1 aromatic carbocycles. The maximum Gasteiger partial charge on any atom is 0.360 e. The number of aromatic nitrogens is 1.